The van der Waals surface area contributed by atoms with Crippen molar-refractivity contribution in [2.75, 3.05) is 11.1 Å². The minimum absolute atomic E-state index is 0.114. The van der Waals surface area contributed by atoms with Crippen molar-refractivity contribution in [2.24, 2.45) is 0 Å². The SMILES string of the molecule is Cc1cccc2[nH]c(SCC(=O)Nc3ccc(Br)cn3)nc12. The van der Waals surface area contributed by atoms with Gasteiger partial charge >= 0.3 is 0 Å². The molecule has 3 rings (SSSR count). The van der Waals surface area contributed by atoms with Gasteiger partial charge in [-0.3, -0.25) is 4.79 Å². The van der Waals surface area contributed by atoms with Gasteiger partial charge in [0.2, 0.25) is 5.91 Å². The number of benzene rings is 1. The predicted octanol–water partition coefficient (Wildman–Crippen LogP) is 3.76. The van der Waals surface area contributed by atoms with Crippen LogP contribution >= 0.6 is 27.7 Å². The number of amides is 1. The Labute approximate surface area is 140 Å². The average molecular weight is 377 g/mol. The second kappa shape index (κ2) is 6.50. The molecule has 0 bridgehead atoms. The molecular formula is C15H13BrN4OS. The van der Waals surface area contributed by atoms with Gasteiger partial charge in [0.05, 0.1) is 16.8 Å². The first kappa shape index (κ1) is 15.1. The van der Waals surface area contributed by atoms with Crippen molar-refractivity contribution in [3.63, 3.8) is 0 Å². The van der Waals surface area contributed by atoms with E-state index in [2.05, 4.69) is 36.2 Å². The minimum atomic E-state index is -0.114. The van der Waals surface area contributed by atoms with Crippen molar-refractivity contribution < 1.29 is 4.79 Å². The van der Waals surface area contributed by atoms with Crippen LogP contribution in [0.1, 0.15) is 5.56 Å². The summed E-state index contributed by atoms with van der Waals surface area (Å²) in [4.78, 5) is 23.8. The number of nitrogens with one attached hydrogen (secondary N) is 2. The summed E-state index contributed by atoms with van der Waals surface area (Å²) in [6.45, 7) is 2.02. The van der Waals surface area contributed by atoms with Gasteiger partial charge in [0.25, 0.3) is 0 Å². The number of para-hydroxylation sites is 1. The van der Waals surface area contributed by atoms with E-state index in [4.69, 9.17) is 0 Å². The number of imidazole rings is 1. The fourth-order valence-corrected chi connectivity index (χ4v) is 2.90. The smallest absolute Gasteiger partial charge is 0.236 e. The third-order valence-corrected chi connectivity index (χ3v) is 4.37. The molecule has 5 nitrogen and oxygen atoms in total. The Bertz CT molecular complexity index is 816. The number of hydrogen-bond donors (Lipinski definition) is 2. The van der Waals surface area contributed by atoms with E-state index in [-0.39, 0.29) is 11.7 Å². The summed E-state index contributed by atoms with van der Waals surface area (Å²) in [6.07, 6.45) is 1.64. The van der Waals surface area contributed by atoms with E-state index in [1.54, 1.807) is 12.3 Å². The zero-order chi connectivity index (χ0) is 15.5. The van der Waals surface area contributed by atoms with Crippen LogP contribution in [0.25, 0.3) is 11.0 Å². The Balaban J connectivity index is 1.62. The molecule has 0 spiro atoms. The molecule has 0 atom stereocenters. The molecule has 0 aliphatic carbocycles. The summed E-state index contributed by atoms with van der Waals surface area (Å²) in [5.41, 5.74) is 3.04. The van der Waals surface area contributed by atoms with Crippen LogP contribution in [-0.4, -0.2) is 26.6 Å². The van der Waals surface area contributed by atoms with Crippen molar-refractivity contribution in [3.05, 3.63) is 46.6 Å². The number of hydrogen-bond acceptors (Lipinski definition) is 4. The largest absolute Gasteiger partial charge is 0.333 e. The van der Waals surface area contributed by atoms with Gasteiger partial charge < -0.3 is 10.3 Å². The highest BCUT2D eigenvalue weighted by molar-refractivity contribution is 9.10. The molecule has 0 radical (unpaired) electrons. The second-order valence-electron chi connectivity index (χ2n) is 4.71. The number of carbonyl (C=O) groups excluding carboxylic acids is 1. The van der Waals surface area contributed by atoms with Gasteiger partial charge in [0, 0.05) is 10.7 Å². The number of thioether (sulfide) groups is 1. The van der Waals surface area contributed by atoms with Crippen molar-refractivity contribution >= 4 is 50.5 Å². The molecule has 3 aromatic rings. The van der Waals surface area contributed by atoms with Gasteiger partial charge in [0.1, 0.15) is 5.82 Å². The molecule has 2 aromatic heterocycles. The first-order valence-electron chi connectivity index (χ1n) is 6.61. The van der Waals surface area contributed by atoms with Gasteiger partial charge in [-0.05, 0) is 46.6 Å². The Hall–Kier alpha value is -1.86. The highest BCUT2D eigenvalue weighted by Crippen LogP contribution is 2.21. The number of rotatable bonds is 4. The highest BCUT2D eigenvalue weighted by Gasteiger charge is 2.09. The fourth-order valence-electron chi connectivity index (χ4n) is 1.98. The second-order valence-corrected chi connectivity index (χ2v) is 6.59. The van der Waals surface area contributed by atoms with Crippen LogP contribution in [0.3, 0.4) is 0 Å². The van der Waals surface area contributed by atoms with Crippen LogP contribution in [0.4, 0.5) is 5.82 Å². The molecule has 1 amide bonds. The van der Waals surface area contributed by atoms with Gasteiger partial charge in [-0.2, -0.15) is 0 Å². The number of nitrogens with zero attached hydrogens (tertiary/aromatic N) is 2. The number of pyridine rings is 1. The lowest BCUT2D eigenvalue weighted by Gasteiger charge is -2.03. The maximum absolute atomic E-state index is 11.9. The number of anilines is 1. The number of halogens is 1. The summed E-state index contributed by atoms with van der Waals surface area (Å²) >= 11 is 4.67. The van der Waals surface area contributed by atoms with Crippen LogP contribution in [0.5, 0.6) is 0 Å². The number of carbonyl (C=O) groups is 1. The summed E-state index contributed by atoms with van der Waals surface area (Å²) in [5.74, 6) is 0.697. The summed E-state index contributed by atoms with van der Waals surface area (Å²) in [7, 11) is 0. The maximum Gasteiger partial charge on any atom is 0.236 e. The molecule has 0 saturated carbocycles. The quantitative estimate of drug-likeness (QED) is 0.680. The fraction of sp³-hybridized carbons (Fsp3) is 0.133. The van der Waals surface area contributed by atoms with Crippen LogP contribution in [0.2, 0.25) is 0 Å². The number of fused-ring (bicyclic) bond motifs is 1. The van der Waals surface area contributed by atoms with Gasteiger partial charge in [-0.1, -0.05) is 23.9 Å². The molecule has 112 valence electrons. The van der Waals surface area contributed by atoms with E-state index < -0.39 is 0 Å². The Morgan fingerprint density at radius 3 is 2.95 bits per heavy atom. The van der Waals surface area contributed by atoms with Crippen molar-refractivity contribution in [3.8, 4) is 0 Å². The maximum atomic E-state index is 11.9. The van der Waals surface area contributed by atoms with Crippen LogP contribution in [0.15, 0.2) is 46.2 Å². The normalized spacial score (nSPS) is 10.8. The summed E-state index contributed by atoms with van der Waals surface area (Å²) < 4.78 is 0.873. The Kier molecular flexibility index (Phi) is 4.44. The van der Waals surface area contributed by atoms with Crippen LogP contribution in [0, 0.1) is 6.92 Å². The topological polar surface area (TPSA) is 70.7 Å². The lowest BCUT2D eigenvalue weighted by molar-refractivity contribution is -0.113. The highest BCUT2D eigenvalue weighted by atomic mass is 79.9. The molecule has 1 aromatic carbocycles. The third kappa shape index (κ3) is 3.48. The number of aromatic nitrogens is 3. The average Bonchev–Trinajstić information content (AvgIpc) is 2.92. The molecule has 0 unspecified atom stereocenters. The zero-order valence-electron chi connectivity index (χ0n) is 11.8. The molecule has 22 heavy (non-hydrogen) atoms. The van der Waals surface area contributed by atoms with Crippen molar-refractivity contribution in [2.45, 2.75) is 12.1 Å². The third-order valence-electron chi connectivity index (χ3n) is 3.03. The lowest BCUT2D eigenvalue weighted by Crippen LogP contribution is -2.14. The van der Waals surface area contributed by atoms with E-state index in [1.807, 2.05) is 31.2 Å². The molecule has 0 aliphatic heterocycles. The predicted molar refractivity (Wildman–Crippen MR) is 92.1 cm³/mol. The number of aromatic amines is 1. The molecule has 7 heteroatoms. The van der Waals surface area contributed by atoms with E-state index >= 15 is 0 Å². The minimum Gasteiger partial charge on any atom is -0.333 e. The van der Waals surface area contributed by atoms with Gasteiger partial charge in [-0.15, -0.1) is 0 Å². The molecule has 2 heterocycles. The molecule has 2 N–H and O–H groups in total. The molecule has 0 fully saturated rings. The molecule has 0 aliphatic rings. The number of H-pyrrole nitrogens is 1. The standard InChI is InChI=1S/C15H13BrN4OS/c1-9-3-2-4-11-14(9)20-15(18-11)22-8-13(21)19-12-6-5-10(16)7-17-12/h2-7H,8H2,1H3,(H,18,20)(H,17,19,21). The molecule has 0 saturated heterocycles. The van der Waals surface area contributed by atoms with E-state index in [9.17, 15) is 4.79 Å². The van der Waals surface area contributed by atoms with Gasteiger partial charge in [0.15, 0.2) is 5.16 Å². The Morgan fingerprint density at radius 1 is 1.36 bits per heavy atom. The van der Waals surface area contributed by atoms with E-state index in [0.717, 1.165) is 26.2 Å². The van der Waals surface area contributed by atoms with Crippen molar-refractivity contribution in [1.29, 1.82) is 0 Å². The Morgan fingerprint density at radius 2 is 2.23 bits per heavy atom. The summed E-state index contributed by atoms with van der Waals surface area (Å²) in [5, 5.41) is 3.49. The monoisotopic (exact) mass is 376 g/mol. The molecular weight excluding hydrogens is 364 g/mol. The first-order chi connectivity index (χ1) is 10.6. The zero-order valence-corrected chi connectivity index (χ0v) is 14.2. The lowest BCUT2D eigenvalue weighted by atomic mass is 10.2. The van der Waals surface area contributed by atoms with Crippen molar-refractivity contribution in [1.82, 2.24) is 15.0 Å². The van der Waals surface area contributed by atoms with E-state index in [1.165, 1.54) is 11.8 Å². The van der Waals surface area contributed by atoms with Crippen LogP contribution in [-0.2, 0) is 4.79 Å². The first-order valence-corrected chi connectivity index (χ1v) is 8.39. The number of aryl methyl sites for hydroxylation is 1. The van der Waals surface area contributed by atoms with Crippen LogP contribution < -0.4 is 5.32 Å². The summed E-state index contributed by atoms with van der Waals surface area (Å²) in [6, 6.07) is 9.56. The van der Waals surface area contributed by atoms with E-state index in [0.29, 0.717) is 5.82 Å². The van der Waals surface area contributed by atoms with Gasteiger partial charge in [-0.25, -0.2) is 9.97 Å².